The van der Waals surface area contributed by atoms with Crippen LogP contribution in [0.4, 0.5) is 13.2 Å². The number of hydrogen-bond acceptors (Lipinski definition) is 4. The van der Waals surface area contributed by atoms with Gasteiger partial charge in [0.1, 0.15) is 15.9 Å². The first-order valence-electron chi connectivity index (χ1n) is 3.95. The van der Waals surface area contributed by atoms with E-state index >= 15 is 0 Å². The number of H-pyrrole nitrogens is 1. The Morgan fingerprint density at radius 2 is 1.88 bits per heavy atom. The van der Waals surface area contributed by atoms with E-state index in [-0.39, 0.29) is 11.0 Å². The molecule has 0 aliphatic rings. The topological polar surface area (TPSA) is 75.7 Å². The molecule has 2 rings (SSSR count). The molecule has 1 aromatic carbocycles. The van der Waals surface area contributed by atoms with Gasteiger partial charge in [-0.3, -0.25) is 0 Å². The largest absolute Gasteiger partial charge is 0.501 e. The van der Waals surface area contributed by atoms with Crippen LogP contribution >= 0.6 is 0 Å². The van der Waals surface area contributed by atoms with Crippen LogP contribution in [0.1, 0.15) is 0 Å². The van der Waals surface area contributed by atoms with Crippen LogP contribution < -0.4 is 0 Å². The van der Waals surface area contributed by atoms with Gasteiger partial charge >= 0.3 is 5.51 Å². The zero-order valence-electron chi connectivity index (χ0n) is 7.49. The average Bonchev–Trinajstić information content (AvgIpc) is 2.62. The first kappa shape index (κ1) is 10.9. The normalized spacial score (nSPS) is 13.2. The fourth-order valence-electron chi connectivity index (χ4n) is 1.18. The van der Waals surface area contributed by atoms with E-state index in [1.54, 1.807) is 0 Å². The number of benzene rings is 1. The molecule has 0 atom stereocenters. The maximum Gasteiger partial charge on any atom is 0.501 e. The number of aromatic amines is 1. The predicted molar refractivity (Wildman–Crippen MR) is 47.1 cm³/mol. The van der Waals surface area contributed by atoms with E-state index in [9.17, 15) is 21.6 Å². The van der Waals surface area contributed by atoms with E-state index in [2.05, 4.69) is 15.4 Å². The Morgan fingerprint density at radius 1 is 1.19 bits per heavy atom. The molecule has 2 aromatic rings. The van der Waals surface area contributed by atoms with Gasteiger partial charge in [0, 0.05) is 0 Å². The second-order valence-electron chi connectivity index (χ2n) is 2.90. The van der Waals surface area contributed by atoms with Gasteiger partial charge in [0.15, 0.2) is 0 Å². The second-order valence-corrected chi connectivity index (χ2v) is 4.81. The molecule has 0 unspecified atom stereocenters. The number of rotatable bonds is 1. The van der Waals surface area contributed by atoms with Crippen molar-refractivity contribution in [1.82, 2.24) is 15.4 Å². The quantitative estimate of drug-likeness (QED) is 0.827. The van der Waals surface area contributed by atoms with Gasteiger partial charge in [-0.1, -0.05) is 6.07 Å². The van der Waals surface area contributed by atoms with Gasteiger partial charge in [-0.05, 0) is 12.1 Å². The van der Waals surface area contributed by atoms with Crippen molar-refractivity contribution in [2.75, 3.05) is 0 Å². The number of sulfone groups is 1. The van der Waals surface area contributed by atoms with Crippen LogP contribution in [0, 0.1) is 0 Å². The van der Waals surface area contributed by atoms with Crippen LogP contribution in [0.2, 0.25) is 0 Å². The van der Waals surface area contributed by atoms with E-state index in [1.165, 1.54) is 12.1 Å². The van der Waals surface area contributed by atoms with E-state index < -0.39 is 20.2 Å². The Hall–Kier alpha value is -1.64. The highest BCUT2D eigenvalue weighted by Gasteiger charge is 2.48. The molecule has 0 amide bonds. The Kier molecular flexibility index (Phi) is 2.15. The fourth-order valence-corrected chi connectivity index (χ4v) is 2.10. The number of alkyl halides is 3. The number of aromatic nitrogens is 3. The van der Waals surface area contributed by atoms with Crippen LogP contribution in [0.5, 0.6) is 0 Å². The van der Waals surface area contributed by atoms with Gasteiger partial charge in [0.25, 0.3) is 9.84 Å². The standard InChI is InChI=1S/C7H4F3N3O2S/c8-7(9,10)16(14,15)5-3-1-2-4-6(5)12-13-11-4/h1-3H,(H,11,12,13). The summed E-state index contributed by atoms with van der Waals surface area (Å²) in [6.45, 7) is 0. The van der Waals surface area contributed by atoms with Gasteiger partial charge in [-0.25, -0.2) is 8.42 Å². The van der Waals surface area contributed by atoms with Gasteiger partial charge < -0.3 is 0 Å². The third kappa shape index (κ3) is 1.43. The fraction of sp³-hybridized carbons (Fsp3) is 0.143. The van der Waals surface area contributed by atoms with Crippen molar-refractivity contribution in [2.45, 2.75) is 10.4 Å². The molecule has 16 heavy (non-hydrogen) atoms. The zero-order chi connectivity index (χ0) is 12.0. The van der Waals surface area contributed by atoms with E-state index in [1.807, 2.05) is 0 Å². The van der Waals surface area contributed by atoms with Crippen molar-refractivity contribution < 1.29 is 21.6 Å². The third-order valence-electron chi connectivity index (χ3n) is 1.90. The molecule has 1 N–H and O–H groups in total. The molecule has 1 heterocycles. The molecular formula is C7H4F3N3O2S. The number of nitrogens with zero attached hydrogens (tertiary/aromatic N) is 2. The summed E-state index contributed by atoms with van der Waals surface area (Å²) in [7, 11) is -5.40. The van der Waals surface area contributed by atoms with E-state index in [0.717, 1.165) is 6.07 Å². The van der Waals surface area contributed by atoms with Crippen LogP contribution in [0.25, 0.3) is 11.0 Å². The van der Waals surface area contributed by atoms with Gasteiger partial charge in [-0.15, -0.1) is 0 Å². The molecule has 0 saturated heterocycles. The average molecular weight is 251 g/mol. The maximum atomic E-state index is 12.3. The Labute approximate surface area is 87.2 Å². The summed E-state index contributed by atoms with van der Waals surface area (Å²) in [6, 6.07) is 3.37. The third-order valence-corrected chi connectivity index (χ3v) is 3.42. The van der Waals surface area contributed by atoms with Crippen molar-refractivity contribution in [3.05, 3.63) is 18.2 Å². The van der Waals surface area contributed by atoms with Crippen molar-refractivity contribution in [1.29, 1.82) is 0 Å². The van der Waals surface area contributed by atoms with E-state index in [0.29, 0.717) is 0 Å². The number of para-hydroxylation sites is 1. The van der Waals surface area contributed by atoms with Crippen LogP contribution in [0.15, 0.2) is 23.1 Å². The lowest BCUT2D eigenvalue weighted by atomic mass is 10.3. The minimum Gasteiger partial charge on any atom is -0.214 e. The molecule has 0 spiro atoms. The summed E-state index contributed by atoms with van der Waals surface area (Å²) in [4.78, 5) is -0.897. The summed E-state index contributed by atoms with van der Waals surface area (Å²) in [6.07, 6.45) is 0. The molecule has 5 nitrogen and oxygen atoms in total. The van der Waals surface area contributed by atoms with Crippen molar-refractivity contribution in [3.63, 3.8) is 0 Å². The highest BCUT2D eigenvalue weighted by Crippen LogP contribution is 2.32. The number of nitrogens with one attached hydrogen (secondary N) is 1. The molecule has 86 valence electrons. The predicted octanol–water partition coefficient (Wildman–Crippen LogP) is 1.25. The minimum absolute atomic E-state index is 0.0605. The van der Waals surface area contributed by atoms with Crippen LogP contribution in [-0.4, -0.2) is 29.3 Å². The molecular weight excluding hydrogens is 247 g/mol. The maximum absolute atomic E-state index is 12.3. The second kappa shape index (κ2) is 3.17. The number of halogens is 3. The molecule has 1 aromatic heterocycles. The molecule has 0 fully saturated rings. The zero-order valence-corrected chi connectivity index (χ0v) is 8.30. The highest BCUT2D eigenvalue weighted by molar-refractivity contribution is 7.92. The minimum atomic E-state index is -5.40. The first-order valence-corrected chi connectivity index (χ1v) is 5.43. The summed E-state index contributed by atoms with van der Waals surface area (Å²) >= 11 is 0. The highest BCUT2D eigenvalue weighted by atomic mass is 32.2. The Bertz CT molecular complexity index is 632. The summed E-state index contributed by atoms with van der Waals surface area (Å²) in [5, 5.41) is 8.96. The van der Waals surface area contributed by atoms with Crippen molar-refractivity contribution in [3.8, 4) is 0 Å². The van der Waals surface area contributed by atoms with Crippen molar-refractivity contribution in [2.24, 2.45) is 0 Å². The van der Waals surface area contributed by atoms with Gasteiger partial charge in [0.05, 0.1) is 0 Å². The Morgan fingerprint density at radius 3 is 2.50 bits per heavy atom. The molecule has 9 heteroatoms. The lowest BCUT2D eigenvalue weighted by Crippen LogP contribution is -2.23. The van der Waals surface area contributed by atoms with Crippen LogP contribution in [-0.2, 0) is 9.84 Å². The summed E-state index contributed by atoms with van der Waals surface area (Å²) < 4.78 is 59.2. The molecule has 0 aliphatic carbocycles. The number of hydrogen-bond donors (Lipinski definition) is 1. The monoisotopic (exact) mass is 251 g/mol. The van der Waals surface area contributed by atoms with Gasteiger partial charge in [0.2, 0.25) is 0 Å². The molecule has 0 saturated carbocycles. The summed E-state index contributed by atoms with van der Waals surface area (Å²) in [5.41, 5.74) is -5.61. The Balaban J connectivity index is 2.79. The van der Waals surface area contributed by atoms with E-state index in [4.69, 9.17) is 0 Å². The lowest BCUT2D eigenvalue weighted by Gasteiger charge is -2.07. The molecule has 0 aliphatic heterocycles. The first-order chi connectivity index (χ1) is 7.34. The SMILES string of the molecule is O=S(=O)(c1cccc2n[nH]nc12)C(F)(F)F. The van der Waals surface area contributed by atoms with Gasteiger partial charge in [-0.2, -0.15) is 28.6 Å². The van der Waals surface area contributed by atoms with Crippen LogP contribution in [0.3, 0.4) is 0 Å². The number of fused-ring (bicyclic) bond motifs is 1. The smallest absolute Gasteiger partial charge is 0.214 e. The van der Waals surface area contributed by atoms with Crippen molar-refractivity contribution >= 4 is 20.9 Å². The molecule has 0 radical (unpaired) electrons. The lowest BCUT2D eigenvalue weighted by molar-refractivity contribution is -0.0435. The summed E-state index contributed by atoms with van der Waals surface area (Å²) in [5.74, 6) is 0. The molecule has 0 bridgehead atoms.